The van der Waals surface area contributed by atoms with Crippen molar-refractivity contribution < 1.29 is 42.1 Å². The molecule has 0 nitrogen and oxygen atoms in total. The summed E-state index contributed by atoms with van der Waals surface area (Å²) in [5.74, 6) is 0.822. The van der Waals surface area contributed by atoms with Crippen molar-refractivity contribution in [2.45, 2.75) is 27.7 Å². The van der Waals surface area contributed by atoms with Crippen molar-refractivity contribution in [3.05, 3.63) is 23.0 Å². The van der Waals surface area contributed by atoms with Crippen LogP contribution in [0.15, 0.2) is 23.0 Å². The molecule has 0 amide bonds. The molecule has 1 rings (SSSR count). The van der Waals surface area contributed by atoms with Crippen LogP contribution in [-0.4, -0.2) is 0 Å². The van der Waals surface area contributed by atoms with E-state index in [-0.39, 0.29) is 43.6 Å². The predicted molar refractivity (Wildman–Crippen MR) is 45.9 cm³/mol. The normalized spacial score (nSPS) is 29.6. The van der Waals surface area contributed by atoms with Gasteiger partial charge >= 0.3 is 0 Å². The maximum atomic E-state index is 13.1. The van der Waals surface area contributed by atoms with Gasteiger partial charge in [-0.25, -0.2) is 4.39 Å². The molecule has 1 aliphatic rings. The second-order valence-corrected chi connectivity index (χ2v) is 3.50. The van der Waals surface area contributed by atoms with E-state index in [1.54, 1.807) is 6.08 Å². The molecule has 0 saturated carbocycles. The number of rotatable bonds is 0. The van der Waals surface area contributed by atoms with Gasteiger partial charge in [-0.2, -0.15) is 0 Å². The summed E-state index contributed by atoms with van der Waals surface area (Å²) < 4.78 is 13.1. The Morgan fingerprint density at radius 2 is 1.67 bits per heavy atom. The molecule has 70 valence electrons. The maximum absolute atomic E-state index is 13.1. The number of allylic oxidation sites excluding steroid dienone is 4. The van der Waals surface area contributed by atoms with Gasteiger partial charge in [0.2, 0.25) is 0 Å². The van der Waals surface area contributed by atoms with Crippen molar-refractivity contribution in [1.82, 2.24) is 0 Å². The van der Waals surface area contributed by atoms with E-state index in [4.69, 9.17) is 0 Å². The van der Waals surface area contributed by atoms with Crippen LogP contribution in [0.2, 0.25) is 0 Å². The van der Waals surface area contributed by atoms with Gasteiger partial charge in [0.1, 0.15) is 5.83 Å². The Balaban J connectivity index is 0.00000121. The second kappa shape index (κ2) is 4.78. The molecule has 0 N–H and O–H groups in total. The zero-order valence-corrected chi connectivity index (χ0v) is 8.67. The average Bonchev–Trinajstić information content (AvgIpc) is 1.97. The van der Waals surface area contributed by atoms with Crippen molar-refractivity contribution >= 4 is 0 Å². The van der Waals surface area contributed by atoms with Gasteiger partial charge in [-0.1, -0.05) is 19.4 Å². The predicted octanol–water partition coefficient (Wildman–Crippen LogP) is 3.46. The van der Waals surface area contributed by atoms with Crippen molar-refractivity contribution in [3.8, 4) is 0 Å². The molecule has 0 bridgehead atoms. The van der Waals surface area contributed by atoms with Crippen LogP contribution in [0.25, 0.3) is 0 Å². The molecule has 0 spiro atoms. The minimum atomic E-state index is -0.0342. The summed E-state index contributed by atoms with van der Waals surface area (Å²) in [5, 5.41) is 0. The average molecular weight is 194 g/mol. The molecule has 2 atom stereocenters. The van der Waals surface area contributed by atoms with Gasteiger partial charge in [-0.3, -0.25) is 0 Å². The van der Waals surface area contributed by atoms with Crippen molar-refractivity contribution in [1.29, 1.82) is 0 Å². The van der Waals surface area contributed by atoms with Crippen LogP contribution in [0, 0.1) is 49.6 Å². The number of halogens is 1. The Morgan fingerprint density at radius 3 is 2.17 bits per heavy atom. The standard InChI is InChI=1S/C10H15F.Ar/c1-6-5-10(11)9(4)8(3)7(6)2;/h5,7-8H,1-4H3;. The molecule has 2 unspecified atom stereocenters. The Kier molecular flexibility index (Phi) is 5.05. The molecule has 12 heavy (non-hydrogen) atoms. The van der Waals surface area contributed by atoms with E-state index >= 15 is 0 Å². The summed E-state index contributed by atoms with van der Waals surface area (Å²) >= 11 is 0. The molecule has 0 saturated heterocycles. The molecule has 0 aliphatic heterocycles. The minimum absolute atomic E-state index is 0. The van der Waals surface area contributed by atoms with Crippen LogP contribution in [0.4, 0.5) is 4.39 Å². The van der Waals surface area contributed by atoms with E-state index in [1.165, 1.54) is 0 Å². The SMILES string of the molecule is CC1=CC(F)=C(C)C(C)C1C.[Ar]. The van der Waals surface area contributed by atoms with Crippen LogP contribution in [0.1, 0.15) is 27.7 Å². The van der Waals surface area contributed by atoms with Gasteiger partial charge in [0, 0.05) is 37.7 Å². The summed E-state index contributed by atoms with van der Waals surface area (Å²) in [7, 11) is 0. The molecule has 2 heteroatoms. The van der Waals surface area contributed by atoms with E-state index in [0.717, 1.165) is 11.1 Å². The van der Waals surface area contributed by atoms with Crippen LogP contribution < -0.4 is 0 Å². The summed E-state index contributed by atoms with van der Waals surface area (Å²) in [6.45, 7) is 8.09. The van der Waals surface area contributed by atoms with Crippen LogP contribution in [0.5, 0.6) is 0 Å². The third-order valence-electron chi connectivity index (χ3n) is 2.88. The first-order chi connectivity index (χ1) is 5.04. The van der Waals surface area contributed by atoms with E-state index in [1.807, 2.05) is 13.8 Å². The Hall–Kier alpha value is 0.670. The Labute approximate surface area is 104 Å². The molecule has 0 heterocycles. The zero-order valence-electron chi connectivity index (χ0n) is 7.96. The van der Waals surface area contributed by atoms with Gasteiger partial charge in [-0.15, -0.1) is 0 Å². The van der Waals surface area contributed by atoms with Crippen LogP contribution >= 0.6 is 0 Å². The fourth-order valence-corrected chi connectivity index (χ4v) is 1.43. The first-order valence-electron chi connectivity index (χ1n) is 4.08. The second-order valence-electron chi connectivity index (χ2n) is 3.50. The molecule has 1 aliphatic carbocycles. The van der Waals surface area contributed by atoms with Gasteiger partial charge in [0.15, 0.2) is 0 Å². The number of hydrogen-bond donors (Lipinski definition) is 0. The first-order valence-corrected chi connectivity index (χ1v) is 4.08. The number of hydrogen-bond acceptors (Lipinski definition) is 0. The Bertz CT molecular complexity index is 228. The molecule has 0 radical (unpaired) electrons. The molecule has 0 aromatic heterocycles. The van der Waals surface area contributed by atoms with Gasteiger partial charge in [0.25, 0.3) is 0 Å². The zero-order chi connectivity index (χ0) is 8.59. The third kappa shape index (κ3) is 2.34. The smallest absolute Gasteiger partial charge is 0.122 e. The fourth-order valence-electron chi connectivity index (χ4n) is 1.43. The van der Waals surface area contributed by atoms with Gasteiger partial charge in [0.05, 0.1) is 0 Å². The summed E-state index contributed by atoms with van der Waals surface area (Å²) in [6.07, 6.45) is 1.65. The van der Waals surface area contributed by atoms with Crippen LogP contribution in [0.3, 0.4) is 0 Å². The largest absolute Gasteiger partial charge is 0.207 e. The van der Waals surface area contributed by atoms with E-state index in [2.05, 4.69) is 13.8 Å². The quantitative estimate of drug-likeness (QED) is 0.554. The van der Waals surface area contributed by atoms with E-state index < -0.39 is 0 Å². The molecule has 0 fully saturated rings. The summed E-state index contributed by atoms with van der Waals surface area (Å²) in [5.41, 5.74) is 2.05. The minimum Gasteiger partial charge on any atom is -0.207 e. The van der Waals surface area contributed by atoms with Gasteiger partial charge in [-0.05, 0) is 37.3 Å². The fraction of sp³-hybridized carbons (Fsp3) is 0.600. The monoisotopic (exact) mass is 194 g/mol. The van der Waals surface area contributed by atoms with E-state index in [9.17, 15) is 4.39 Å². The summed E-state index contributed by atoms with van der Waals surface area (Å²) in [6, 6.07) is 0. The Morgan fingerprint density at radius 1 is 1.17 bits per heavy atom. The topological polar surface area (TPSA) is 0 Å². The molecule has 0 aromatic rings. The molecular weight excluding hydrogens is 179 g/mol. The third-order valence-corrected chi connectivity index (χ3v) is 2.88. The molecule has 0 aromatic carbocycles. The first kappa shape index (κ1) is 12.7. The maximum Gasteiger partial charge on any atom is 0.122 e. The van der Waals surface area contributed by atoms with Crippen molar-refractivity contribution in [2.75, 3.05) is 0 Å². The summed E-state index contributed by atoms with van der Waals surface area (Å²) in [4.78, 5) is 0. The van der Waals surface area contributed by atoms with Crippen molar-refractivity contribution in [3.63, 3.8) is 0 Å². The van der Waals surface area contributed by atoms with Gasteiger partial charge < -0.3 is 0 Å². The van der Waals surface area contributed by atoms with Crippen LogP contribution in [-0.2, 0) is 0 Å². The van der Waals surface area contributed by atoms with E-state index in [0.29, 0.717) is 11.8 Å². The molecular formula is C10H15ArF. The van der Waals surface area contributed by atoms with Crippen molar-refractivity contribution in [2.24, 2.45) is 11.8 Å².